The first-order chi connectivity index (χ1) is 8.19. The van der Waals surface area contributed by atoms with E-state index >= 15 is 0 Å². The Morgan fingerprint density at radius 3 is 2.88 bits per heavy atom. The molecule has 0 spiro atoms. The van der Waals surface area contributed by atoms with Crippen LogP contribution in [0.5, 0.6) is 0 Å². The summed E-state index contributed by atoms with van der Waals surface area (Å²) in [5.41, 5.74) is 3.07. The van der Waals surface area contributed by atoms with E-state index in [1.54, 1.807) is 0 Å². The number of oxime groups is 1. The Morgan fingerprint density at radius 1 is 1.47 bits per heavy atom. The third-order valence-corrected chi connectivity index (χ3v) is 3.39. The van der Waals surface area contributed by atoms with Gasteiger partial charge in [0.05, 0.1) is 5.69 Å². The Hall–Kier alpha value is -0.900. The number of alkyl halides is 1. The van der Waals surface area contributed by atoms with Crippen LogP contribution in [0.3, 0.4) is 0 Å². The van der Waals surface area contributed by atoms with Gasteiger partial charge in [0.25, 0.3) is 0 Å². The second-order valence-corrected chi connectivity index (χ2v) is 5.35. The van der Waals surface area contributed by atoms with E-state index in [0.717, 1.165) is 29.6 Å². The third-order valence-electron chi connectivity index (χ3n) is 2.74. The highest BCUT2D eigenvalue weighted by Gasteiger charge is 2.23. The Kier molecular flexibility index (Phi) is 4.15. The van der Waals surface area contributed by atoms with Gasteiger partial charge in [0.1, 0.15) is 11.8 Å². The number of pyridine rings is 1. The fourth-order valence-corrected chi connectivity index (χ4v) is 2.24. The molecular formula is C13H17BrN2O. The second-order valence-electron chi connectivity index (χ2n) is 4.78. The van der Waals surface area contributed by atoms with Crippen LogP contribution >= 0.6 is 15.9 Å². The van der Waals surface area contributed by atoms with E-state index in [0.29, 0.717) is 5.92 Å². The summed E-state index contributed by atoms with van der Waals surface area (Å²) in [5.74, 6) is 0.637. The molecule has 0 bridgehead atoms. The van der Waals surface area contributed by atoms with Crippen molar-refractivity contribution in [1.29, 1.82) is 0 Å². The summed E-state index contributed by atoms with van der Waals surface area (Å²) < 4.78 is 0. The summed E-state index contributed by atoms with van der Waals surface area (Å²) in [4.78, 5) is 9.83. The Morgan fingerprint density at radius 2 is 2.29 bits per heavy atom. The predicted molar refractivity (Wildman–Crippen MR) is 72.4 cm³/mol. The molecule has 1 aliphatic heterocycles. The predicted octanol–water partition coefficient (Wildman–Crippen LogP) is 3.52. The quantitative estimate of drug-likeness (QED) is 0.797. The van der Waals surface area contributed by atoms with Gasteiger partial charge in [0.2, 0.25) is 0 Å². The minimum absolute atomic E-state index is 0.225. The topological polar surface area (TPSA) is 34.5 Å². The van der Waals surface area contributed by atoms with Gasteiger partial charge in [-0.05, 0) is 24.0 Å². The summed E-state index contributed by atoms with van der Waals surface area (Å²) in [6, 6.07) is 4.08. The molecule has 92 valence electrons. The standard InChI is InChI=1S/C13H17BrN2O/c1-9(2)5-11-6-13(16-17-11)12-4-3-10(7-14)8-15-12/h3-4,8-9,11H,5-7H2,1-2H3. The van der Waals surface area contributed by atoms with E-state index in [-0.39, 0.29) is 6.10 Å². The van der Waals surface area contributed by atoms with Crippen molar-refractivity contribution >= 4 is 21.6 Å². The maximum atomic E-state index is 5.43. The van der Waals surface area contributed by atoms with Crippen molar-refractivity contribution in [2.24, 2.45) is 11.1 Å². The molecule has 0 fully saturated rings. The SMILES string of the molecule is CC(C)CC1CC(c2ccc(CBr)cn2)=NO1. The van der Waals surface area contributed by atoms with E-state index in [1.807, 2.05) is 12.3 Å². The van der Waals surface area contributed by atoms with Gasteiger partial charge in [-0.1, -0.05) is 41.0 Å². The van der Waals surface area contributed by atoms with E-state index in [1.165, 1.54) is 5.56 Å². The molecule has 1 aromatic rings. The van der Waals surface area contributed by atoms with Crippen LogP contribution in [-0.2, 0) is 10.2 Å². The van der Waals surface area contributed by atoms with Gasteiger partial charge >= 0.3 is 0 Å². The van der Waals surface area contributed by atoms with Crippen molar-refractivity contribution in [3.8, 4) is 0 Å². The maximum absolute atomic E-state index is 5.43. The fourth-order valence-electron chi connectivity index (χ4n) is 1.91. The molecule has 4 heteroatoms. The Labute approximate surface area is 110 Å². The zero-order valence-electron chi connectivity index (χ0n) is 10.2. The Balaban J connectivity index is 1.99. The minimum atomic E-state index is 0.225. The molecular weight excluding hydrogens is 280 g/mol. The molecule has 1 aliphatic rings. The molecule has 1 atom stereocenters. The van der Waals surface area contributed by atoms with Crippen LogP contribution in [0.25, 0.3) is 0 Å². The average Bonchev–Trinajstić information content (AvgIpc) is 2.77. The normalized spacial score (nSPS) is 19.3. The van der Waals surface area contributed by atoms with Crippen LogP contribution in [0.1, 0.15) is 37.9 Å². The number of hydrogen-bond donors (Lipinski definition) is 0. The van der Waals surface area contributed by atoms with Gasteiger partial charge in [-0.15, -0.1) is 0 Å². The van der Waals surface area contributed by atoms with Crippen LogP contribution < -0.4 is 0 Å². The molecule has 2 rings (SSSR count). The molecule has 0 saturated heterocycles. The van der Waals surface area contributed by atoms with E-state index in [9.17, 15) is 0 Å². The van der Waals surface area contributed by atoms with Crippen molar-refractivity contribution in [2.75, 3.05) is 0 Å². The number of halogens is 1. The van der Waals surface area contributed by atoms with Crippen molar-refractivity contribution in [2.45, 2.75) is 38.1 Å². The lowest BCUT2D eigenvalue weighted by Gasteiger charge is -2.09. The van der Waals surface area contributed by atoms with Crippen molar-refractivity contribution in [3.63, 3.8) is 0 Å². The Bertz CT molecular complexity index is 400. The van der Waals surface area contributed by atoms with Gasteiger partial charge in [-0.2, -0.15) is 0 Å². The lowest BCUT2D eigenvalue weighted by atomic mass is 10.0. The fraction of sp³-hybridized carbons (Fsp3) is 0.538. The molecule has 0 saturated carbocycles. The zero-order chi connectivity index (χ0) is 12.3. The zero-order valence-corrected chi connectivity index (χ0v) is 11.8. The first-order valence-corrected chi connectivity index (χ1v) is 7.05. The second kappa shape index (κ2) is 5.63. The largest absolute Gasteiger partial charge is 0.392 e. The van der Waals surface area contributed by atoms with E-state index in [4.69, 9.17) is 4.84 Å². The van der Waals surface area contributed by atoms with Gasteiger partial charge in [0.15, 0.2) is 0 Å². The molecule has 1 aromatic heterocycles. The molecule has 0 aromatic carbocycles. The van der Waals surface area contributed by atoms with Gasteiger partial charge < -0.3 is 4.84 Å². The highest BCUT2D eigenvalue weighted by Crippen LogP contribution is 2.21. The van der Waals surface area contributed by atoms with Crippen LogP contribution in [0.4, 0.5) is 0 Å². The summed E-state index contributed by atoms with van der Waals surface area (Å²) >= 11 is 3.41. The maximum Gasteiger partial charge on any atom is 0.133 e. The first-order valence-electron chi connectivity index (χ1n) is 5.93. The molecule has 3 nitrogen and oxygen atoms in total. The third kappa shape index (κ3) is 3.28. The lowest BCUT2D eigenvalue weighted by Crippen LogP contribution is -2.12. The van der Waals surface area contributed by atoms with Crippen molar-refractivity contribution in [3.05, 3.63) is 29.6 Å². The van der Waals surface area contributed by atoms with E-state index < -0.39 is 0 Å². The smallest absolute Gasteiger partial charge is 0.133 e. The number of hydrogen-bond acceptors (Lipinski definition) is 3. The van der Waals surface area contributed by atoms with Gasteiger partial charge in [-0.3, -0.25) is 4.98 Å². The van der Waals surface area contributed by atoms with Crippen molar-refractivity contribution < 1.29 is 4.84 Å². The summed E-state index contributed by atoms with van der Waals surface area (Å²) in [7, 11) is 0. The first kappa shape index (κ1) is 12.6. The molecule has 0 N–H and O–H groups in total. The highest BCUT2D eigenvalue weighted by atomic mass is 79.9. The number of aromatic nitrogens is 1. The summed E-state index contributed by atoms with van der Waals surface area (Å²) in [5, 5.41) is 4.97. The molecule has 17 heavy (non-hydrogen) atoms. The van der Waals surface area contributed by atoms with Gasteiger partial charge in [-0.25, -0.2) is 0 Å². The van der Waals surface area contributed by atoms with Crippen LogP contribution in [0.2, 0.25) is 0 Å². The van der Waals surface area contributed by atoms with Gasteiger partial charge in [0, 0.05) is 17.9 Å². The summed E-state index contributed by atoms with van der Waals surface area (Å²) in [6.07, 6.45) is 4.02. The summed E-state index contributed by atoms with van der Waals surface area (Å²) in [6.45, 7) is 4.40. The molecule has 2 heterocycles. The number of nitrogens with zero attached hydrogens (tertiary/aromatic N) is 2. The monoisotopic (exact) mass is 296 g/mol. The molecule has 1 unspecified atom stereocenters. The van der Waals surface area contributed by atoms with Crippen LogP contribution in [0, 0.1) is 5.92 Å². The highest BCUT2D eigenvalue weighted by molar-refractivity contribution is 9.08. The molecule has 0 amide bonds. The minimum Gasteiger partial charge on any atom is -0.392 e. The van der Waals surface area contributed by atoms with E-state index in [2.05, 4.69) is 46.0 Å². The lowest BCUT2D eigenvalue weighted by molar-refractivity contribution is 0.0698. The number of rotatable bonds is 4. The van der Waals surface area contributed by atoms with Crippen molar-refractivity contribution in [1.82, 2.24) is 4.98 Å². The van der Waals surface area contributed by atoms with Crippen LogP contribution in [0.15, 0.2) is 23.5 Å². The average molecular weight is 297 g/mol. The molecule has 0 radical (unpaired) electrons. The van der Waals surface area contributed by atoms with Crippen LogP contribution in [-0.4, -0.2) is 16.8 Å². The molecule has 0 aliphatic carbocycles.